The first kappa shape index (κ1) is 18.1. The molecule has 8 heteroatoms. The van der Waals surface area contributed by atoms with Crippen LogP contribution in [-0.2, 0) is 19.5 Å². The summed E-state index contributed by atoms with van der Waals surface area (Å²) in [6.07, 6.45) is 2.71. The fourth-order valence-corrected chi connectivity index (χ4v) is 4.11. The Balaban J connectivity index is 1.71. The maximum absolute atomic E-state index is 12.7. The summed E-state index contributed by atoms with van der Waals surface area (Å²) in [5, 5.41) is 0. The van der Waals surface area contributed by atoms with Gasteiger partial charge in [-0.15, -0.1) is 6.58 Å². The zero-order valence-electron chi connectivity index (χ0n) is 13.9. The molecule has 25 heavy (non-hydrogen) atoms. The van der Waals surface area contributed by atoms with Gasteiger partial charge in [0.1, 0.15) is 0 Å². The molecule has 1 spiro atoms. The van der Waals surface area contributed by atoms with E-state index in [0.29, 0.717) is 44.7 Å². The Morgan fingerprint density at radius 3 is 2.60 bits per heavy atom. The van der Waals surface area contributed by atoms with Crippen molar-refractivity contribution < 1.29 is 22.7 Å². The second-order valence-electron chi connectivity index (χ2n) is 6.07. The molecule has 1 N–H and O–H groups in total. The van der Waals surface area contributed by atoms with Gasteiger partial charge >= 0.3 is 0 Å². The zero-order chi connectivity index (χ0) is 17.9. The Morgan fingerprint density at radius 2 is 1.96 bits per heavy atom. The van der Waals surface area contributed by atoms with Crippen LogP contribution in [0.2, 0.25) is 0 Å². The van der Waals surface area contributed by atoms with Crippen molar-refractivity contribution in [2.45, 2.75) is 23.5 Å². The largest absolute Gasteiger partial charge is 0.347 e. The van der Waals surface area contributed by atoms with Crippen LogP contribution in [0.4, 0.5) is 0 Å². The normalized spacial score (nSPS) is 19.9. The van der Waals surface area contributed by atoms with E-state index in [9.17, 15) is 13.2 Å². The molecular formula is C17H22N2O5S. The standard InChI is InChI=1S/C17H22N2O5S/c1-2-8-18-25(21,22)15-5-3-4-14(13-15)16(20)19-9-6-17(7-10-19)23-11-12-24-17/h2-5,13,18H,1,6-12H2. The molecular weight excluding hydrogens is 344 g/mol. The van der Waals surface area contributed by atoms with Gasteiger partial charge < -0.3 is 14.4 Å². The minimum Gasteiger partial charge on any atom is -0.347 e. The fraction of sp³-hybridized carbons (Fsp3) is 0.471. The Kier molecular flexibility index (Phi) is 5.24. The van der Waals surface area contributed by atoms with Crippen molar-refractivity contribution in [1.29, 1.82) is 0 Å². The number of carbonyl (C=O) groups excluding carboxylic acids is 1. The summed E-state index contributed by atoms with van der Waals surface area (Å²) in [7, 11) is -3.66. The summed E-state index contributed by atoms with van der Waals surface area (Å²) in [5.41, 5.74) is 0.352. The molecule has 1 aromatic carbocycles. The van der Waals surface area contributed by atoms with E-state index < -0.39 is 15.8 Å². The average molecular weight is 366 g/mol. The van der Waals surface area contributed by atoms with Crippen LogP contribution in [0.3, 0.4) is 0 Å². The Bertz CT molecular complexity index is 746. The van der Waals surface area contributed by atoms with E-state index >= 15 is 0 Å². The number of rotatable bonds is 5. The lowest BCUT2D eigenvalue weighted by Crippen LogP contribution is -2.47. The van der Waals surface area contributed by atoms with E-state index in [1.807, 2.05) is 0 Å². The Morgan fingerprint density at radius 1 is 1.28 bits per heavy atom. The third-order valence-corrected chi connectivity index (χ3v) is 5.86. The van der Waals surface area contributed by atoms with E-state index in [-0.39, 0.29) is 17.3 Å². The van der Waals surface area contributed by atoms with Gasteiger partial charge in [0.15, 0.2) is 5.79 Å². The highest BCUT2D eigenvalue weighted by Crippen LogP contribution is 2.31. The molecule has 2 aliphatic rings. The van der Waals surface area contributed by atoms with Gasteiger partial charge in [-0.3, -0.25) is 4.79 Å². The summed E-state index contributed by atoms with van der Waals surface area (Å²) < 4.78 is 38.1. The molecule has 7 nitrogen and oxygen atoms in total. The molecule has 0 aromatic heterocycles. The number of hydrogen-bond acceptors (Lipinski definition) is 5. The number of likely N-dealkylation sites (tertiary alicyclic amines) is 1. The number of hydrogen-bond donors (Lipinski definition) is 1. The topological polar surface area (TPSA) is 84.9 Å². The zero-order valence-corrected chi connectivity index (χ0v) is 14.8. The molecule has 1 amide bonds. The minimum absolute atomic E-state index is 0.0659. The molecule has 136 valence electrons. The van der Waals surface area contributed by atoms with Crippen LogP contribution in [0.15, 0.2) is 41.8 Å². The molecule has 3 rings (SSSR count). The van der Waals surface area contributed by atoms with Gasteiger partial charge in [0.05, 0.1) is 18.1 Å². The molecule has 2 fully saturated rings. The van der Waals surface area contributed by atoms with E-state index in [0.717, 1.165) is 0 Å². The summed E-state index contributed by atoms with van der Waals surface area (Å²) in [5.74, 6) is -0.732. The lowest BCUT2D eigenvalue weighted by Gasteiger charge is -2.37. The number of benzene rings is 1. The number of nitrogens with zero attached hydrogens (tertiary/aromatic N) is 1. The van der Waals surface area contributed by atoms with Gasteiger partial charge in [-0.25, -0.2) is 13.1 Å². The van der Waals surface area contributed by atoms with Gasteiger partial charge in [0, 0.05) is 38.0 Å². The number of nitrogens with one attached hydrogen (secondary N) is 1. The quantitative estimate of drug-likeness (QED) is 0.790. The number of sulfonamides is 1. The van der Waals surface area contributed by atoms with Crippen molar-refractivity contribution in [2.75, 3.05) is 32.8 Å². The van der Waals surface area contributed by atoms with Crippen LogP contribution < -0.4 is 4.72 Å². The highest BCUT2D eigenvalue weighted by atomic mass is 32.2. The van der Waals surface area contributed by atoms with E-state index in [1.54, 1.807) is 17.0 Å². The van der Waals surface area contributed by atoms with E-state index in [4.69, 9.17) is 9.47 Å². The average Bonchev–Trinajstić information content (AvgIpc) is 3.08. The van der Waals surface area contributed by atoms with Crippen LogP contribution >= 0.6 is 0 Å². The number of ether oxygens (including phenoxy) is 2. The molecule has 0 radical (unpaired) electrons. The van der Waals surface area contributed by atoms with Crippen LogP contribution in [0, 0.1) is 0 Å². The number of carbonyl (C=O) groups is 1. The van der Waals surface area contributed by atoms with Crippen molar-refractivity contribution in [2.24, 2.45) is 0 Å². The highest BCUT2D eigenvalue weighted by molar-refractivity contribution is 7.89. The first-order chi connectivity index (χ1) is 12.0. The SMILES string of the molecule is C=CCNS(=O)(=O)c1cccc(C(=O)N2CCC3(CC2)OCCO3)c1. The maximum atomic E-state index is 12.7. The third-order valence-electron chi connectivity index (χ3n) is 4.43. The molecule has 2 saturated heterocycles. The molecule has 0 saturated carbocycles. The van der Waals surface area contributed by atoms with E-state index in [1.165, 1.54) is 18.2 Å². The monoisotopic (exact) mass is 366 g/mol. The molecule has 0 atom stereocenters. The van der Waals surface area contributed by atoms with Crippen LogP contribution in [0.25, 0.3) is 0 Å². The van der Waals surface area contributed by atoms with Crippen molar-refractivity contribution in [1.82, 2.24) is 9.62 Å². The minimum atomic E-state index is -3.66. The van der Waals surface area contributed by atoms with Crippen molar-refractivity contribution >= 4 is 15.9 Å². The number of piperidine rings is 1. The molecule has 1 aromatic rings. The lowest BCUT2D eigenvalue weighted by atomic mass is 10.0. The molecule has 0 unspecified atom stereocenters. The predicted octanol–water partition coefficient (Wildman–Crippen LogP) is 1.13. The molecule has 2 aliphatic heterocycles. The van der Waals surface area contributed by atoms with E-state index in [2.05, 4.69) is 11.3 Å². The van der Waals surface area contributed by atoms with Gasteiger partial charge in [-0.1, -0.05) is 12.1 Å². The summed E-state index contributed by atoms with van der Waals surface area (Å²) >= 11 is 0. The Labute approximate surface area is 147 Å². The van der Waals surface area contributed by atoms with Gasteiger partial charge in [-0.2, -0.15) is 0 Å². The first-order valence-corrected chi connectivity index (χ1v) is 9.72. The van der Waals surface area contributed by atoms with Crippen LogP contribution in [-0.4, -0.2) is 57.9 Å². The smallest absolute Gasteiger partial charge is 0.253 e. The highest BCUT2D eigenvalue weighted by Gasteiger charge is 2.40. The van der Waals surface area contributed by atoms with Crippen molar-refractivity contribution in [3.05, 3.63) is 42.5 Å². The van der Waals surface area contributed by atoms with Crippen LogP contribution in [0.1, 0.15) is 23.2 Å². The second-order valence-corrected chi connectivity index (χ2v) is 7.84. The fourth-order valence-electron chi connectivity index (χ4n) is 3.07. The third kappa shape index (κ3) is 3.92. The molecule has 2 heterocycles. The number of amides is 1. The van der Waals surface area contributed by atoms with Crippen molar-refractivity contribution in [3.8, 4) is 0 Å². The molecule has 0 bridgehead atoms. The van der Waals surface area contributed by atoms with Gasteiger partial charge in [0.2, 0.25) is 10.0 Å². The van der Waals surface area contributed by atoms with Crippen molar-refractivity contribution in [3.63, 3.8) is 0 Å². The van der Waals surface area contributed by atoms with Crippen LogP contribution in [0.5, 0.6) is 0 Å². The lowest BCUT2D eigenvalue weighted by molar-refractivity contribution is -0.181. The first-order valence-electron chi connectivity index (χ1n) is 8.24. The summed E-state index contributed by atoms with van der Waals surface area (Å²) in [4.78, 5) is 14.5. The predicted molar refractivity (Wildman–Crippen MR) is 91.6 cm³/mol. The molecule has 0 aliphatic carbocycles. The summed E-state index contributed by atoms with van der Waals surface area (Å²) in [6, 6.07) is 6.07. The van der Waals surface area contributed by atoms with Gasteiger partial charge in [-0.05, 0) is 18.2 Å². The maximum Gasteiger partial charge on any atom is 0.253 e. The Hall–Kier alpha value is -1.74. The summed E-state index contributed by atoms with van der Waals surface area (Å²) in [6.45, 7) is 5.83. The second kappa shape index (κ2) is 7.25. The van der Waals surface area contributed by atoms with Gasteiger partial charge in [0.25, 0.3) is 5.91 Å².